The van der Waals surface area contributed by atoms with Gasteiger partial charge < -0.3 is 14.7 Å². The number of hydrogen-bond donors (Lipinski definition) is 1. The molecule has 5 nitrogen and oxygen atoms in total. The van der Waals surface area contributed by atoms with E-state index in [9.17, 15) is 4.79 Å². The average Bonchev–Trinajstić information content (AvgIpc) is 2.56. The van der Waals surface area contributed by atoms with Gasteiger partial charge in [0.05, 0.1) is 6.61 Å². The van der Waals surface area contributed by atoms with Gasteiger partial charge in [-0.2, -0.15) is 0 Å². The van der Waals surface area contributed by atoms with Crippen molar-refractivity contribution >= 4 is 22.4 Å². The van der Waals surface area contributed by atoms with Crippen molar-refractivity contribution in [2.24, 2.45) is 0 Å². The molecule has 1 rings (SSSR count). The van der Waals surface area contributed by atoms with Crippen molar-refractivity contribution in [2.45, 2.75) is 6.92 Å². The molecule has 0 unspecified atom stereocenters. The summed E-state index contributed by atoms with van der Waals surface area (Å²) in [7, 11) is 3.49. The summed E-state index contributed by atoms with van der Waals surface area (Å²) in [6.07, 6.45) is 0. The minimum Gasteiger partial charge on any atom is -0.476 e. The van der Waals surface area contributed by atoms with E-state index in [1.54, 1.807) is 14.0 Å². The fourth-order valence-corrected chi connectivity index (χ4v) is 1.96. The third-order valence-electron chi connectivity index (χ3n) is 1.95. The molecule has 0 saturated carbocycles. The molecule has 15 heavy (non-hydrogen) atoms. The highest BCUT2D eigenvalue weighted by molar-refractivity contribution is 7.15. The number of carboxylic acid groups (broad SMARTS) is 1. The van der Waals surface area contributed by atoms with Gasteiger partial charge in [-0.1, -0.05) is 0 Å². The van der Waals surface area contributed by atoms with E-state index in [0.717, 1.165) is 4.88 Å². The van der Waals surface area contributed by atoms with Crippen LogP contribution in [0.15, 0.2) is 0 Å². The van der Waals surface area contributed by atoms with Crippen molar-refractivity contribution in [2.75, 3.05) is 32.2 Å². The second-order valence-electron chi connectivity index (χ2n) is 3.12. The van der Waals surface area contributed by atoms with Crippen LogP contribution < -0.4 is 4.90 Å². The number of aromatic carboxylic acids is 1. The van der Waals surface area contributed by atoms with E-state index < -0.39 is 5.97 Å². The second-order valence-corrected chi connectivity index (χ2v) is 4.30. The Labute approximate surface area is 92.3 Å². The molecule has 0 amide bonds. The molecule has 0 spiro atoms. The minimum absolute atomic E-state index is 0.138. The zero-order valence-corrected chi connectivity index (χ0v) is 9.80. The van der Waals surface area contributed by atoms with Gasteiger partial charge in [0.15, 0.2) is 10.8 Å². The maximum absolute atomic E-state index is 10.8. The van der Waals surface area contributed by atoms with Crippen LogP contribution >= 0.6 is 11.3 Å². The van der Waals surface area contributed by atoms with E-state index >= 15 is 0 Å². The summed E-state index contributed by atoms with van der Waals surface area (Å²) in [6.45, 7) is 3.05. The Balaban J connectivity index is 2.78. The number of ether oxygens (including phenoxy) is 1. The summed E-state index contributed by atoms with van der Waals surface area (Å²) in [5.41, 5.74) is 0.138. The highest BCUT2D eigenvalue weighted by atomic mass is 32.1. The molecule has 1 aromatic rings. The van der Waals surface area contributed by atoms with Crippen LogP contribution in [0.1, 0.15) is 15.4 Å². The number of nitrogens with zero attached hydrogens (tertiary/aromatic N) is 2. The molecule has 84 valence electrons. The van der Waals surface area contributed by atoms with Gasteiger partial charge in [-0.25, -0.2) is 9.78 Å². The lowest BCUT2D eigenvalue weighted by Gasteiger charge is -2.14. The predicted octanol–water partition coefficient (Wildman–Crippen LogP) is 1.23. The summed E-state index contributed by atoms with van der Waals surface area (Å²) < 4.78 is 4.94. The Morgan fingerprint density at radius 2 is 2.33 bits per heavy atom. The fourth-order valence-electron chi connectivity index (χ4n) is 1.07. The molecule has 6 heteroatoms. The quantitative estimate of drug-likeness (QED) is 0.824. The maximum Gasteiger partial charge on any atom is 0.355 e. The SMILES string of the molecule is COCCN(C)c1nc(C(=O)O)c(C)s1. The summed E-state index contributed by atoms with van der Waals surface area (Å²) in [5, 5.41) is 9.55. The first kappa shape index (κ1) is 11.9. The maximum atomic E-state index is 10.8. The molecule has 1 heterocycles. The molecular weight excluding hydrogens is 216 g/mol. The average molecular weight is 230 g/mol. The van der Waals surface area contributed by atoms with Crippen LogP contribution in [0.5, 0.6) is 0 Å². The van der Waals surface area contributed by atoms with Crippen molar-refractivity contribution in [3.63, 3.8) is 0 Å². The molecule has 0 atom stereocenters. The number of methoxy groups -OCH3 is 1. The Morgan fingerprint density at radius 1 is 1.67 bits per heavy atom. The molecule has 0 saturated heterocycles. The lowest BCUT2D eigenvalue weighted by Crippen LogP contribution is -2.21. The van der Waals surface area contributed by atoms with Gasteiger partial charge in [0, 0.05) is 25.6 Å². The van der Waals surface area contributed by atoms with E-state index in [1.807, 2.05) is 11.9 Å². The van der Waals surface area contributed by atoms with Crippen molar-refractivity contribution in [3.8, 4) is 0 Å². The van der Waals surface area contributed by atoms with E-state index in [4.69, 9.17) is 9.84 Å². The molecular formula is C9H14N2O3S. The van der Waals surface area contributed by atoms with Crippen molar-refractivity contribution in [1.82, 2.24) is 4.98 Å². The topological polar surface area (TPSA) is 62.7 Å². The standard InChI is InChI=1S/C9H14N2O3S/c1-6-7(8(12)13)10-9(15-6)11(2)4-5-14-3/h4-5H2,1-3H3,(H,12,13). The molecule has 1 N–H and O–H groups in total. The van der Waals surface area contributed by atoms with E-state index in [2.05, 4.69) is 4.98 Å². The zero-order valence-electron chi connectivity index (χ0n) is 8.98. The fraction of sp³-hybridized carbons (Fsp3) is 0.556. The first-order valence-electron chi connectivity index (χ1n) is 4.47. The Kier molecular flexibility index (Phi) is 4.05. The van der Waals surface area contributed by atoms with Crippen molar-refractivity contribution < 1.29 is 14.6 Å². The number of carbonyl (C=O) groups is 1. The number of likely N-dealkylation sites (N-methyl/N-ethyl adjacent to an activating group) is 1. The van der Waals surface area contributed by atoms with Crippen LogP contribution in [-0.2, 0) is 4.74 Å². The highest BCUT2D eigenvalue weighted by Gasteiger charge is 2.15. The van der Waals surface area contributed by atoms with Gasteiger partial charge in [-0.3, -0.25) is 0 Å². The Morgan fingerprint density at radius 3 is 2.80 bits per heavy atom. The summed E-state index contributed by atoms with van der Waals surface area (Å²) in [6, 6.07) is 0. The normalized spacial score (nSPS) is 10.3. The monoisotopic (exact) mass is 230 g/mol. The first-order valence-corrected chi connectivity index (χ1v) is 5.28. The van der Waals surface area contributed by atoms with E-state index in [1.165, 1.54) is 11.3 Å². The second kappa shape index (κ2) is 5.09. The number of anilines is 1. The van der Waals surface area contributed by atoms with Gasteiger partial charge in [0.25, 0.3) is 0 Å². The lowest BCUT2D eigenvalue weighted by atomic mass is 10.4. The van der Waals surface area contributed by atoms with Crippen LogP contribution in [0, 0.1) is 6.92 Å². The number of aromatic nitrogens is 1. The van der Waals surface area contributed by atoms with Crippen LogP contribution in [0.4, 0.5) is 5.13 Å². The molecule has 0 aliphatic rings. The molecule has 0 aliphatic heterocycles. The van der Waals surface area contributed by atoms with Gasteiger partial charge in [0.2, 0.25) is 0 Å². The molecule has 0 aliphatic carbocycles. The van der Waals surface area contributed by atoms with Gasteiger partial charge >= 0.3 is 5.97 Å². The van der Waals surface area contributed by atoms with Crippen LogP contribution in [0.25, 0.3) is 0 Å². The summed E-state index contributed by atoms with van der Waals surface area (Å²) in [5.74, 6) is -0.977. The van der Waals surface area contributed by atoms with Crippen LogP contribution in [0.3, 0.4) is 0 Å². The smallest absolute Gasteiger partial charge is 0.355 e. The van der Waals surface area contributed by atoms with Gasteiger partial charge in [-0.05, 0) is 6.92 Å². The predicted molar refractivity (Wildman–Crippen MR) is 59.0 cm³/mol. The van der Waals surface area contributed by atoms with Crippen LogP contribution in [0.2, 0.25) is 0 Å². The number of aryl methyl sites for hydroxylation is 1. The molecule has 0 radical (unpaired) electrons. The summed E-state index contributed by atoms with van der Waals surface area (Å²) in [4.78, 5) is 17.4. The molecule has 1 aromatic heterocycles. The zero-order chi connectivity index (χ0) is 11.4. The molecule has 0 aromatic carbocycles. The Bertz CT molecular complexity index is 351. The third-order valence-corrected chi connectivity index (χ3v) is 3.03. The number of hydrogen-bond acceptors (Lipinski definition) is 5. The Hall–Kier alpha value is -1.14. The lowest BCUT2D eigenvalue weighted by molar-refractivity contribution is 0.0690. The minimum atomic E-state index is -0.977. The van der Waals surface area contributed by atoms with E-state index in [-0.39, 0.29) is 5.69 Å². The molecule has 0 bridgehead atoms. The van der Waals surface area contributed by atoms with Crippen molar-refractivity contribution in [3.05, 3.63) is 10.6 Å². The third kappa shape index (κ3) is 2.90. The largest absolute Gasteiger partial charge is 0.476 e. The number of thiazole rings is 1. The number of rotatable bonds is 5. The van der Waals surface area contributed by atoms with E-state index in [0.29, 0.717) is 18.3 Å². The summed E-state index contributed by atoms with van der Waals surface area (Å²) >= 11 is 1.38. The van der Waals surface area contributed by atoms with Crippen LogP contribution in [-0.4, -0.2) is 43.4 Å². The highest BCUT2D eigenvalue weighted by Crippen LogP contribution is 2.24. The first-order chi connectivity index (χ1) is 7.06. The van der Waals surface area contributed by atoms with Crippen molar-refractivity contribution in [1.29, 1.82) is 0 Å². The molecule has 0 fully saturated rings. The number of carboxylic acids is 1. The van der Waals surface area contributed by atoms with Gasteiger partial charge in [-0.15, -0.1) is 11.3 Å². The van der Waals surface area contributed by atoms with Gasteiger partial charge in [0.1, 0.15) is 0 Å².